The van der Waals surface area contributed by atoms with E-state index in [4.69, 9.17) is 23.2 Å². The van der Waals surface area contributed by atoms with E-state index in [0.29, 0.717) is 0 Å². The van der Waals surface area contributed by atoms with E-state index in [2.05, 4.69) is 0 Å². The lowest BCUT2D eigenvalue weighted by atomic mass is 9.69. The molecular formula is C12H11Cl2NO. The van der Waals surface area contributed by atoms with E-state index in [-0.39, 0.29) is 28.6 Å². The Hall–Kier alpha value is -0.730. The van der Waals surface area contributed by atoms with Gasteiger partial charge in [0.25, 0.3) is 5.91 Å². The number of alkyl halides is 2. The van der Waals surface area contributed by atoms with Gasteiger partial charge in [0, 0.05) is 18.5 Å². The molecule has 4 atom stereocenters. The van der Waals surface area contributed by atoms with Gasteiger partial charge in [0.15, 0.2) is 0 Å². The van der Waals surface area contributed by atoms with Crippen molar-refractivity contribution in [3.8, 4) is 0 Å². The third kappa shape index (κ3) is 1.12. The van der Waals surface area contributed by atoms with E-state index in [0.717, 1.165) is 11.1 Å². The normalized spacial score (nSPS) is 36.4. The van der Waals surface area contributed by atoms with Gasteiger partial charge in [-0.1, -0.05) is 18.2 Å². The second kappa shape index (κ2) is 3.38. The summed E-state index contributed by atoms with van der Waals surface area (Å²) < 4.78 is 0. The molecule has 0 saturated heterocycles. The SMILES string of the molecule is CN1C(=O)c2ccccc2[C@@H]2[C@H](Cl)[C@H](Cl)[C@@H]21. The summed E-state index contributed by atoms with van der Waals surface area (Å²) in [6, 6.07) is 7.71. The summed E-state index contributed by atoms with van der Waals surface area (Å²) in [6.45, 7) is 0. The number of rotatable bonds is 0. The largest absolute Gasteiger partial charge is 0.336 e. The zero-order chi connectivity index (χ0) is 11.4. The van der Waals surface area contributed by atoms with Crippen molar-refractivity contribution < 1.29 is 4.79 Å². The maximum Gasteiger partial charge on any atom is 0.254 e. The fourth-order valence-electron chi connectivity index (χ4n) is 2.75. The molecule has 2 aliphatic rings. The molecular weight excluding hydrogens is 245 g/mol. The highest BCUT2D eigenvalue weighted by Crippen LogP contribution is 2.50. The highest BCUT2D eigenvalue weighted by atomic mass is 35.5. The van der Waals surface area contributed by atoms with Crippen LogP contribution in [0.5, 0.6) is 0 Å². The van der Waals surface area contributed by atoms with Crippen LogP contribution in [0.4, 0.5) is 0 Å². The van der Waals surface area contributed by atoms with Crippen molar-refractivity contribution in [2.75, 3.05) is 7.05 Å². The molecule has 0 unspecified atom stereocenters. The third-order valence-electron chi connectivity index (χ3n) is 3.66. The number of nitrogens with zero attached hydrogens (tertiary/aromatic N) is 1. The van der Waals surface area contributed by atoms with Crippen molar-refractivity contribution in [2.24, 2.45) is 0 Å². The molecule has 1 aromatic rings. The number of hydrogen-bond acceptors (Lipinski definition) is 1. The van der Waals surface area contributed by atoms with Crippen LogP contribution in [0.1, 0.15) is 21.8 Å². The molecule has 0 aromatic heterocycles. The zero-order valence-electron chi connectivity index (χ0n) is 8.73. The Bertz CT molecular complexity index is 462. The van der Waals surface area contributed by atoms with Crippen LogP contribution in [0.3, 0.4) is 0 Å². The number of carbonyl (C=O) groups excluding carboxylic acids is 1. The smallest absolute Gasteiger partial charge is 0.254 e. The highest BCUT2D eigenvalue weighted by Gasteiger charge is 2.55. The van der Waals surface area contributed by atoms with Crippen LogP contribution in [0, 0.1) is 0 Å². The predicted molar refractivity (Wildman–Crippen MR) is 64.3 cm³/mol. The number of carbonyl (C=O) groups is 1. The van der Waals surface area contributed by atoms with Crippen LogP contribution in [0.2, 0.25) is 0 Å². The number of fused-ring (bicyclic) bond motifs is 3. The Morgan fingerprint density at radius 1 is 1.19 bits per heavy atom. The van der Waals surface area contributed by atoms with Crippen molar-refractivity contribution in [2.45, 2.75) is 22.7 Å². The Morgan fingerprint density at radius 3 is 2.62 bits per heavy atom. The average molecular weight is 256 g/mol. The molecule has 1 fully saturated rings. The van der Waals surface area contributed by atoms with E-state index >= 15 is 0 Å². The minimum Gasteiger partial charge on any atom is -0.336 e. The van der Waals surface area contributed by atoms with E-state index in [9.17, 15) is 4.79 Å². The molecule has 16 heavy (non-hydrogen) atoms. The molecule has 0 spiro atoms. The Kier molecular flexibility index (Phi) is 2.20. The van der Waals surface area contributed by atoms with E-state index in [1.54, 1.807) is 11.9 Å². The van der Waals surface area contributed by atoms with Crippen molar-refractivity contribution >= 4 is 29.1 Å². The van der Waals surface area contributed by atoms with Crippen LogP contribution < -0.4 is 0 Å². The molecule has 0 radical (unpaired) electrons. The van der Waals surface area contributed by atoms with Crippen molar-refractivity contribution in [1.29, 1.82) is 0 Å². The van der Waals surface area contributed by atoms with Crippen molar-refractivity contribution in [3.63, 3.8) is 0 Å². The minimum absolute atomic E-state index is 0.0473. The molecule has 1 heterocycles. The highest BCUT2D eigenvalue weighted by molar-refractivity contribution is 6.33. The number of amides is 1. The number of hydrogen-bond donors (Lipinski definition) is 0. The first kappa shape index (κ1) is 10.4. The Morgan fingerprint density at radius 2 is 1.88 bits per heavy atom. The van der Waals surface area contributed by atoms with E-state index in [1.165, 1.54) is 0 Å². The monoisotopic (exact) mass is 255 g/mol. The minimum atomic E-state index is -0.144. The van der Waals surface area contributed by atoms with Crippen molar-refractivity contribution in [1.82, 2.24) is 4.90 Å². The van der Waals surface area contributed by atoms with Gasteiger partial charge >= 0.3 is 0 Å². The van der Waals surface area contributed by atoms with Gasteiger partial charge < -0.3 is 4.90 Å². The molecule has 4 heteroatoms. The van der Waals surface area contributed by atoms with Gasteiger partial charge in [0.2, 0.25) is 0 Å². The number of likely N-dealkylation sites (N-methyl/N-ethyl adjacent to an activating group) is 1. The van der Waals surface area contributed by atoms with E-state index in [1.807, 2.05) is 24.3 Å². The molecule has 1 saturated carbocycles. The molecule has 1 aromatic carbocycles. The molecule has 0 N–H and O–H groups in total. The Labute approximate surface area is 104 Å². The van der Waals surface area contributed by atoms with Gasteiger partial charge in [-0.2, -0.15) is 0 Å². The van der Waals surface area contributed by atoms with Crippen LogP contribution in [0.15, 0.2) is 24.3 Å². The molecule has 2 nitrogen and oxygen atoms in total. The second-order valence-corrected chi connectivity index (χ2v) is 5.42. The first-order valence-corrected chi connectivity index (χ1v) is 6.14. The molecule has 1 aliphatic heterocycles. The fraction of sp³-hybridized carbons (Fsp3) is 0.417. The zero-order valence-corrected chi connectivity index (χ0v) is 10.2. The summed E-state index contributed by atoms with van der Waals surface area (Å²) in [7, 11) is 1.80. The number of benzene rings is 1. The second-order valence-electron chi connectivity index (χ2n) is 4.41. The summed E-state index contributed by atoms with van der Waals surface area (Å²) in [5, 5.41) is -0.225. The van der Waals surface area contributed by atoms with Gasteiger partial charge in [-0.3, -0.25) is 4.79 Å². The van der Waals surface area contributed by atoms with Crippen LogP contribution in [0.25, 0.3) is 0 Å². The summed E-state index contributed by atoms with van der Waals surface area (Å²) >= 11 is 12.4. The first-order valence-electron chi connectivity index (χ1n) is 5.27. The van der Waals surface area contributed by atoms with Gasteiger partial charge in [-0.25, -0.2) is 0 Å². The van der Waals surface area contributed by atoms with Gasteiger partial charge in [0.1, 0.15) is 0 Å². The van der Waals surface area contributed by atoms with Crippen LogP contribution in [-0.4, -0.2) is 34.7 Å². The van der Waals surface area contributed by atoms with Crippen LogP contribution >= 0.6 is 23.2 Å². The predicted octanol–water partition coefficient (Wildman–Crippen LogP) is 2.45. The quantitative estimate of drug-likeness (QED) is 0.653. The number of halogens is 2. The summed E-state index contributed by atoms with van der Waals surface area (Å²) in [5.41, 5.74) is 1.81. The van der Waals surface area contributed by atoms with Crippen LogP contribution in [-0.2, 0) is 0 Å². The maximum atomic E-state index is 12.1. The van der Waals surface area contributed by atoms with Gasteiger partial charge in [0.05, 0.1) is 16.8 Å². The molecule has 1 amide bonds. The summed E-state index contributed by atoms with van der Waals surface area (Å²) in [4.78, 5) is 13.8. The van der Waals surface area contributed by atoms with Crippen molar-refractivity contribution in [3.05, 3.63) is 35.4 Å². The molecule has 3 rings (SSSR count). The summed E-state index contributed by atoms with van der Waals surface area (Å²) in [6.07, 6.45) is 0. The standard InChI is InChI=1S/C12H11Cl2NO/c1-15-11-8(9(13)10(11)14)6-4-2-3-5-7(6)12(15)16/h2-5,8-11H,1H3/t8-,9+,10+,11-/m1/s1. The van der Waals surface area contributed by atoms with Gasteiger partial charge in [-0.05, 0) is 11.6 Å². The molecule has 1 aliphatic carbocycles. The lowest BCUT2D eigenvalue weighted by molar-refractivity contribution is 0.0570. The third-order valence-corrected chi connectivity index (χ3v) is 4.86. The fourth-order valence-corrected chi connectivity index (χ4v) is 3.66. The summed E-state index contributed by atoms with van der Waals surface area (Å²) in [5.74, 6) is 0.231. The molecule has 84 valence electrons. The molecule has 0 bridgehead atoms. The lowest BCUT2D eigenvalue weighted by Gasteiger charge is -2.53. The Balaban J connectivity index is 2.14. The van der Waals surface area contributed by atoms with Gasteiger partial charge in [-0.15, -0.1) is 23.2 Å². The maximum absolute atomic E-state index is 12.1. The lowest BCUT2D eigenvalue weighted by Crippen LogP contribution is -2.63. The average Bonchev–Trinajstić information content (AvgIpc) is 2.32. The van der Waals surface area contributed by atoms with E-state index < -0.39 is 0 Å². The topological polar surface area (TPSA) is 20.3 Å². The first-order chi connectivity index (χ1) is 7.63.